The third-order valence-electron chi connectivity index (χ3n) is 4.46. The zero-order valence-electron chi connectivity index (χ0n) is 16.4. The number of hydrogen-bond acceptors (Lipinski definition) is 4. The summed E-state index contributed by atoms with van der Waals surface area (Å²) in [5, 5.41) is 6.28. The molecule has 29 heavy (non-hydrogen) atoms. The summed E-state index contributed by atoms with van der Waals surface area (Å²) in [5.74, 6) is 1.25. The van der Waals surface area contributed by atoms with E-state index >= 15 is 0 Å². The smallest absolute Gasteiger partial charge is 0.497 e. The average molecular weight is 550 g/mol. The summed E-state index contributed by atoms with van der Waals surface area (Å²) < 4.78 is 66.6. The van der Waals surface area contributed by atoms with E-state index < -0.39 is 15.5 Å². The first-order valence-corrected chi connectivity index (χ1v) is 10.2. The molecule has 2 rings (SSSR count). The molecule has 12 heteroatoms. The topological polar surface area (TPSA) is 83.0 Å². The van der Waals surface area contributed by atoms with Gasteiger partial charge in [-0.05, 0) is 43.0 Å². The maximum absolute atomic E-state index is 12.6. The lowest BCUT2D eigenvalue weighted by Crippen LogP contribution is -2.51. The van der Waals surface area contributed by atoms with Gasteiger partial charge in [-0.25, -0.2) is 8.42 Å². The van der Waals surface area contributed by atoms with Crippen molar-refractivity contribution in [3.05, 3.63) is 29.3 Å². The third kappa shape index (κ3) is 6.88. The Bertz CT molecular complexity index is 811. The Morgan fingerprint density at radius 3 is 2.41 bits per heavy atom. The first-order valence-electron chi connectivity index (χ1n) is 8.75. The molecule has 1 fully saturated rings. The van der Waals surface area contributed by atoms with Crippen LogP contribution in [0.1, 0.15) is 24.0 Å². The Balaban J connectivity index is 0.00000420. The number of methoxy groups -OCH3 is 1. The van der Waals surface area contributed by atoms with Crippen LogP contribution >= 0.6 is 24.0 Å². The zero-order chi connectivity index (χ0) is 20.9. The minimum atomic E-state index is -5.27. The van der Waals surface area contributed by atoms with Crippen LogP contribution in [0.5, 0.6) is 5.75 Å². The number of benzene rings is 1. The summed E-state index contributed by atoms with van der Waals surface area (Å²) >= 11 is 0. The minimum absolute atomic E-state index is 0. The number of sulfonamides is 1. The number of guanidine groups is 1. The number of hydrogen-bond donors (Lipinski definition) is 2. The van der Waals surface area contributed by atoms with E-state index in [1.807, 2.05) is 25.1 Å². The number of halogens is 4. The fourth-order valence-corrected chi connectivity index (χ4v) is 3.99. The van der Waals surface area contributed by atoms with Crippen LogP contribution in [0, 0.1) is 6.92 Å². The number of ether oxygens (including phenoxy) is 1. The van der Waals surface area contributed by atoms with E-state index in [-0.39, 0.29) is 55.9 Å². The van der Waals surface area contributed by atoms with Crippen LogP contribution in [0.2, 0.25) is 0 Å². The first kappa shape index (κ1) is 25.8. The van der Waals surface area contributed by atoms with Gasteiger partial charge in [0.25, 0.3) is 0 Å². The molecule has 0 spiro atoms. The summed E-state index contributed by atoms with van der Waals surface area (Å²) in [6.07, 6.45) is 0.516. The molecule has 0 aromatic heterocycles. The Labute approximate surface area is 186 Å². The zero-order valence-corrected chi connectivity index (χ0v) is 19.6. The van der Waals surface area contributed by atoms with Gasteiger partial charge in [-0.3, -0.25) is 4.99 Å². The maximum Gasteiger partial charge on any atom is 0.511 e. The monoisotopic (exact) mass is 550 g/mol. The van der Waals surface area contributed by atoms with Crippen molar-refractivity contribution in [2.45, 2.75) is 37.9 Å². The van der Waals surface area contributed by atoms with Crippen LogP contribution in [0.4, 0.5) is 13.2 Å². The summed E-state index contributed by atoms with van der Waals surface area (Å²) in [7, 11) is -2.08. The second-order valence-electron chi connectivity index (χ2n) is 6.55. The number of aryl methyl sites for hydroxylation is 1. The maximum atomic E-state index is 12.6. The van der Waals surface area contributed by atoms with Crippen LogP contribution in [-0.2, 0) is 16.6 Å². The third-order valence-corrected chi connectivity index (χ3v) is 6.09. The van der Waals surface area contributed by atoms with Gasteiger partial charge in [0.15, 0.2) is 5.96 Å². The second kappa shape index (κ2) is 10.7. The van der Waals surface area contributed by atoms with Crippen molar-refractivity contribution in [1.82, 2.24) is 14.9 Å². The van der Waals surface area contributed by atoms with Crippen molar-refractivity contribution in [3.8, 4) is 5.75 Å². The average Bonchev–Trinajstić information content (AvgIpc) is 2.64. The van der Waals surface area contributed by atoms with Crippen molar-refractivity contribution in [3.63, 3.8) is 0 Å². The number of nitrogens with one attached hydrogen (secondary N) is 2. The molecule has 1 saturated heterocycles. The molecular formula is C17H26F3IN4O3S. The number of alkyl halides is 3. The molecule has 0 atom stereocenters. The molecule has 0 radical (unpaired) electrons. The normalized spacial score (nSPS) is 16.8. The molecule has 0 saturated carbocycles. The predicted molar refractivity (Wildman–Crippen MR) is 116 cm³/mol. The number of rotatable bonds is 5. The largest absolute Gasteiger partial charge is 0.511 e. The molecule has 1 heterocycles. The summed E-state index contributed by atoms with van der Waals surface area (Å²) in [6, 6.07) is 5.65. The van der Waals surface area contributed by atoms with Crippen molar-refractivity contribution < 1.29 is 26.3 Å². The van der Waals surface area contributed by atoms with Gasteiger partial charge in [0.2, 0.25) is 0 Å². The number of aliphatic imine (C=N–C) groups is 1. The lowest BCUT2D eigenvalue weighted by Gasteiger charge is -2.32. The van der Waals surface area contributed by atoms with E-state index in [1.54, 1.807) is 14.2 Å². The molecule has 1 aromatic carbocycles. The van der Waals surface area contributed by atoms with E-state index in [0.29, 0.717) is 16.8 Å². The molecule has 1 aromatic rings. The molecule has 1 aliphatic rings. The van der Waals surface area contributed by atoms with Gasteiger partial charge in [0, 0.05) is 32.7 Å². The van der Waals surface area contributed by atoms with Gasteiger partial charge in [-0.15, -0.1) is 24.0 Å². The van der Waals surface area contributed by atoms with Gasteiger partial charge in [-0.1, -0.05) is 6.07 Å². The van der Waals surface area contributed by atoms with Gasteiger partial charge >= 0.3 is 15.5 Å². The highest BCUT2D eigenvalue weighted by Gasteiger charge is 2.50. The lowest BCUT2D eigenvalue weighted by molar-refractivity contribution is -0.0494. The molecule has 0 amide bonds. The minimum Gasteiger partial charge on any atom is -0.497 e. The Kier molecular flexibility index (Phi) is 9.47. The molecule has 1 aliphatic heterocycles. The summed E-state index contributed by atoms with van der Waals surface area (Å²) in [4.78, 5) is 4.12. The molecule has 0 aliphatic carbocycles. The van der Waals surface area contributed by atoms with Crippen molar-refractivity contribution in [2.75, 3.05) is 27.2 Å². The molecule has 0 bridgehead atoms. The molecule has 0 unspecified atom stereocenters. The van der Waals surface area contributed by atoms with Crippen LogP contribution in [0.3, 0.4) is 0 Å². The standard InChI is InChI=1S/C17H25F3N4O3S.HI/c1-12-8-13(10-15(9-12)27-3)11-22-16(21-2)23-14-4-6-24(7-5-14)28(25,26)17(18,19)20;/h8-10,14H,4-7,11H2,1-3H3,(H2,21,22,23);1H. The van der Waals surface area contributed by atoms with Crippen LogP contribution in [0.25, 0.3) is 0 Å². The fraction of sp³-hybridized carbons (Fsp3) is 0.588. The first-order chi connectivity index (χ1) is 13.1. The van der Waals surface area contributed by atoms with E-state index in [0.717, 1.165) is 16.9 Å². The molecule has 7 nitrogen and oxygen atoms in total. The van der Waals surface area contributed by atoms with Gasteiger partial charge in [0.1, 0.15) is 5.75 Å². The quantitative estimate of drug-likeness (QED) is 0.335. The molecular weight excluding hydrogens is 524 g/mol. The molecule has 166 valence electrons. The highest BCUT2D eigenvalue weighted by Crippen LogP contribution is 2.28. The van der Waals surface area contributed by atoms with Crippen LogP contribution < -0.4 is 15.4 Å². The summed E-state index contributed by atoms with van der Waals surface area (Å²) in [5.41, 5.74) is -3.22. The van der Waals surface area contributed by atoms with E-state index in [1.165, 1.54) is 0 Å². The Morgan fingerprint density at radius 2 is 1.90 bits per heavy atom. The highest BCUT2D eigenvalue weighted by molar-refractivity contribution is 14.0. The number of nitrogens with zero attached hydrogens (tertiary/aromatic N) is 2. The van der Waals surface area contributed by atoms with Gasteiger partial charge < -0.3 is 15.4 Å². The van der Waals surface area contributed by atoms with Crippen molar-refractivity contribution >= 4 is 40.0 Å². The van der Waals surface area contributed by atoms with E-state index in [2.05, 4.69) is 15.6 Å². The van der Waals surface area contributed by atoms with E-state index in [9.17, 15) is 21.6 Å². The summed E-state index contributed by atoms with van der Waals surface area (Å²) in [6.45, 7) is 2.07. The van der Waals surface area contributed by atoms with Crippen LogP contribution in [0.15, 0.2) is 23.2 Å². The van der Waals surface area contributed by atoms with E-state index in [4.69, 9.17) is 4.74 Å². The second-order valence-corrected chi connectivity index (χ2v) is 8.48. The number of piperidine rings is 1. The lowest BCUT2D eigenvalue weighted by atomic mass is 10.1. The Hall–Kier alpha value is -1.28. The van der Waals surface area contributed by atoms with Gasteiger partial charge in [0.05, 0.1) is 7.11 Å². The van der Waals surface area contributed by atoms with Gasteiger partial charge in [-0.2, -0.15) is 17.5 Å². The predicted octanol–water partition coefficient (Wildman–Crippen LogP) is 2.60. The SMILES string of the molecule is CN=C(NCc1cc(C)cc(OC)c1)NC1CCN(S(=O)(=O)C(F)(F)F)CC1.I. The van der Waals surface area contributed by atoms with Crippen molar-refractivity contribution in [1.29, 1.82) is 0 Å². The van der Waals surface area contributed by atoms with Crippen LogP contribution in [-0.4, -0.2) is 57.5 Å². The highest BCUT2D eigenvalue weighted by atomic mass is 127. The van der Waals surface area contributed by atoms with Crippen molar-refractivity contribution in [2.24, 2.45) is 4.99 Å². The molecule has 2 N–H and O–H groups in total. The fourth-order valence-electron chi connectivity index (χ4n) is 3.01. The Morgan fingerprint density at radius 1 is 1.28 bits per heavy atom.